The zero-order chi connectivity index (χ0) is 16.3. The normalized spacial score (nSPS) is 23.1. The van der Waals surface area contributed by atoms with E-state index in [0.717, 1.165) is 18.4 Å². The number of carbonyl (C=O) groups excluding carboxylic acids is 1. The molecule has 0 bridgehead atoms. The lowest BCUT2D eigenvalue weighted by atomic mass is 10.1. The molecule has 6 heteroatoms. The Balaban J connectivity index is 1.56. The zero-order valence-corrected chi connectivity index (χ0v) is 14.0. The van der Waals surface area contributed by atoms with Crippen molar-refractivity contribution in [1.29, 1.82) is 0 Å². The van der Waals surface area contributed by atoms with Gasteiger partial charge in [0, 0.05) is 19.7 Å². The molecule has 2 aliphatic rings. The Morgan fingerprint density at radius 3 is 2.43 bits per heavy atom. The number of amides is 1. The second kappa shape index (κ2) is 7.01. The molecule has 0 unspecified atom stereocenters. The second-order valence-corrected chi connectivity index (χ2v) is 8.60. The van der Waals surface area contributed by atoms with Gasteiger partial charge in [0.05, 0.1) is 11.0 Å². The summed E-state index contributed by atoms with van der Waals surface area (Å²) in [6.45, 7) is 1.67. The summed E-state index contributed by atoms with van der Waals surface area (Å²) in [6.07, 6.45) is 2.44. The molecule has 3 rings (SSSR count). The van der Waals surface area contributed by atoms with Crippen LogP contribution in [-0.4, -0.2) is 50.3 Å². The quantitative estimate of drug-likeness (QED) is 0.840. The molecule has 1 aromatic carbocycles. The van der Waals surface area contributed by atoms with Gasteiger partial charge in [-0.15, -0.1) is 0 Å². The maximum Gasteiger partial charge on any atom is 0.251 e. The van der Waals surface area contributed by atoms with E-state index >= 15 is 0 Å². The molecule has 0 aliphatic carbocycles. The zero-order valence-electron chi connectivity index (χ0n) is 13.2. The number of rotatable bonds is 4. The first kappa shape index (κ1) is 16.5. The minimum absolute atomic E-state index is 0.0291. The molecule has 1 atom stereocenters. The van der Waals surface area contributed by atoms with Gasteiger partial charge in [-0.05, 0) is 31.2 Å². The number of piperidine rings is 1. The number of sulfone groups is 1. The number of likely N-dealkylation sites (tertiary alicyclic amines) is 1. The summed E-state index contributed by atoms with van der Waals surface area (Å²) in [6, 6.07) is 9.27. The third-order valence-corrected chi connectivity index (χ3v) is 6.90. The number of hydrogen-bond acceptors (Lipinski definition) is 4. The molecule has 2 aliphatic heterocycles. The average Bonchev–Trinajstić information content (AvgIpc) is 3.09. The molecule has 2 fully saturated rings. The van der Waals surface area contributed by atoms with Crippen molar-refractivity contribution in [2.75, 3.05) is 19.7 Å². The number of carbonyl (C=O) groups is 1. The van der Waals surface area contributed by atoms with Crippen molar-refractivity contribution in [2.24, 2.45) is 0 Å². The third kappa shape index (κ3) is 3.93. The minimum atomic E-state index is -3.17. The van der Waals surface area contributed by atoms with E-state index in [-0.39, 0.29) is 23.0 Å². The second-order valence-electron chi connectivity index (χ2n) is 6.32. The van der Waals surface area contributed by atoms with Gasteiger partial charge >= 0.3 is 0 Å². The van der Waals surface area contributed by atoms with Crippen LogP contribution >= 0.6 is 0 Å². The van der Waals surface area contributed by atoms with Crippen LogP contribution in [0.4, 0.5) is 0 Å². The number of nitrogens with zero attached hydrogens (tertiary/aromatic N) is 1. The Hall–Kier alpha value is -1.40. The van der Waals surface area contributed by atoms with Gasteiger partial charge in [0.25, 0.3) is 5.91 Å². The molecule has 2 heterocycles. The van der Waals surface area contributed by atoms with Crippen molar-refractivity contribution in [3.8, 4) is 0 Å². The van der Waals surface area contributed by atoms with Gasteiger partial charge in [-0.1, -0.05) is 30.3 Å². The van der Waals surface area contributed by atoms with Gasteiger partial charge in [-0.25, -0.2) is 8.42 Å². The molecule has 1 amide bonds. The molecular weight excluding hydrogens is 314 g/mol. The SMILES string of the molecule is O=C([C@H]1CCCO1)N1CCC(S(=O)(=O)Cc2ccccc2)CC1. The lowest BCUT2D eigenvalue weighted by Gasteiger charge is -2.33. The molecule has 0 saturated carbocycles. The molecule has 0 spiro atoms. The van der Waals surface area contributed by atoms with E-state index in [2.05, 4.69) is 0 Å². The molecule has 1 aromatic rings. The van der Waals surface area contributed by atoms with Crippen molar-refractivity contribution in [3.63, 3.8) is 0 Å². The van der Waals surface area contributed by atoms with Crippen LogP contribution in [0.2, 0.25) is 0 Å². The maximum atomic E-state index is 12.6. The van der Waals surface area contributed by atoms with Gasteiger partial charge in [0.15, 0.2) is 9.84 Å². The highest BCUT2D eigenvalue weighted by atomic mass is 32.2. The molecule has 126 valence electrons. The van der Waals surface area contributed by atoms with Crippen molar-refractivity contribution < 1.29 is 17.9 Å². The number of ether oxygens (including phenoxy) is 1. The van der Waals surface area contributed by atoms with E-state index in [1.54, 1.807) is 4.90 Å². The first-order valence-electron chi connectivity index (χ1n) is 8.22. The summed E-state index contributed by atoms with van der Waals surface area (Å²) in [5, 5.41) is -0.351. The fraction of sp³-hybridized carbons (Fsp3) is 0.588. The Morgan fingerprint density at radius 1 is 1.13 bits per heavy atom. The van der Waals surface area contributed by atoms with E-state index in [1.807, 2.05) is 30.3 Å². The van der Waals surface area contributed by atoms with Crippen molar-refractivity contribution in [2.45, 2.75) is 42.8 Å². The highest BCUT2D eigenvalue weighted by molar-refractivity contribution is 7.91. The standard InChI is InChI=1S/C17H23NO4S/c19-17(16-7-4-12-22-16)18-10-8-15(9-11-18)23(20,21)13-14-5-2-1-3-6-14/h1-3,5-6,15-16H,4,7-13H2/t16-/m1/s1. The lowest BCUT2D eigenvalue weighted by Crippen LogP contribution is -2.46. The van der Waals surface area contributed by atoms with Gasteiger partial charge in [-0.3, -0.25) is 4.79 Å². The Kier molecular flexibility index (Phi) is 5.02. The predicted octanol–water partition coefficient (Wildman–Crippen LogP) is 1.77. The highest BCUT2D eigenvalue weighted by Crippen LogP contribution is 2.23. The van der Waals surface area contributed by atoms with Crippen LogP contribution in [0.15, 0.2) is 30.3 Å². The van der Waals surface area contributed by atoms with Crippen LogP contribution in [0.1, 0.15) is 31.2 Å². The fourth-order valence-electron chi connectivity index (χ4n) is 3.34. The van der Waals surface area contributed by atoms with E-state index in [0.29, 0.717) is 32.5 Å². The fourth-order valence-corrected chi connectivity index (χ4v) is 5.16. The molecule has 0 aromatic heterocycles. The molecule has 0 N–H and O–H groups in total. The Labute approximate surface area is 137 Å². The summed E-state index contributed by atoms with van der Waals surface area (Å²) in [7, 11) is -3.17. The average molecular weight is 337 g/mol. The van der Waals surface area contributed by atoms with Crippen molar-refractivity contribution in [1.82, 2.24) is 4.90 Å². The van der Waals surface area contributed by atoms with Crippen LogP contribution in [-0.2, 0) is 25.1 Å². The largest absolute Gasteiger partial charge is 0.368 e. The number of hydrogen-bond donors (Lipinski definition) is 0. The molecule has 0 radical (unpaired) electrons. The first-order valence-corrected chi connectivity index (χ1v) is 9.94. The molecule has 23 heavy (non-hydrogen) atoms. The lowest BCUT2D eigenvalue weighted by molar-refractivity contribution is -0.141. The summed E-state index contributed by atoms with van der Waals surface area (Å²) < 4.78 is 30.6. The molecule has 2 saturated heterocycles. The van der Waals surface area contributed by atoms with Gasteiger partial charge in [0.2, 0.25) is 0 Å². The number of benzene rings is 1. The highest BCUT2D eigenvalue weighted by Gasteiger charge is 2.34. The van der Waals surface area contributed by atoms with Gasteiger partial charge < -0.3 is 9.64 Å². The van der Waals surface area contributed by atoms with Gasteiger partial charge in [-0.2, -0.15) is 0 Å². The third-order valence-electron chi connectivity index (χ3n) is 4.68. The first-order chi connectivity index (χ1) is 11.1. The monoisotopic (exact) mass is 337 g/mol. The van der Waals surface area contributed by atoms with E-state index in [4.69, 9.17) is 4.74 Å². The summed E-state index contributed by atoms with van der Waals surface area (Å²) in [5.74, 6) is 0.111. The Morgan fingerprint density at radius 2 is 1.83 bits per heavy atom. The maximum absolute atomic E-state index is 12.6. The van der Waals surface area contributed by atoms with E-state index in [9.17, 15) is 13.2 Å². The van der Waals surface area contributed by atoms with Gasteiger partial charge in [0.1, 0.15) is 6.10 Å². The van der Waals surface area contributed by atoms with Crippen LogP contribution in [0.25, 0.3) is 0 Å². The topological polar surface area (TPSA) is 63.7 Å². The Bertz CT molecular complexity index is 630. The predicted molar refractivity (Wildman–Crippen MR) is 87.6 cm³/mol. The summed E-state index contributed by atoms with van der Waals surface area (Å²) in [5.41, 5.74) is 0.824. The van der Waals surface area contributed by atoms with Crippen LogP contribution < -0.4 is 0 Å². The summed E-state index contributed by atoms with van der Waals surface area (Å²) in [4.78, 5) is 14.1. The van der Waals surface area contributed by atoms with Crippen LogP contribution in [0, 0.1) is 0 Å². The summed E-state index contributed by atoms with van der Waals surface area (Å²) >= 11 is 0. The van der Waals surface area contributed by atoms with Crippen molar-refractivity contribution in [3.05, 3.63) is 35.9 Å². The van der Waals surface area contributed by atoms with Crippen LogP contribution in [0.3, 0.4) is 0 Å². The smallest absolute Gasteiger partial charge is 0.251 e. The molecule has 5 nitrogen and oxygen atoms in total. The van der Waals surface area contributed by atoms with Crippen molar-refractivity contribution >= 4 is 15.7 Å². The van der Waals surface area contributed by atoms with E-state index < -0.39 is 9.84 Å². The minimum Gasteiger partial charge on any atom is -0.368 e. The van der Waals surface area contributed by atoms with Crippen LogP contribution in [0.5, 0.6) is 0 Å². The van der Waals surface area contributed by atoms with E-state index in [1.165, 1.54) is 0 Å². The molecular formula is C17H23NO4S.